The molecule has 262 valence electrons. The molecule has 6 aromatic rings. The van der Waals surface area contributed by atoms with Crippen molar-refractivity contribution in [3.63, 3.8) is 0 Å². The van der Waals surface area contributed by atoms with Gasteiger partial charge in [-0.1, -0.05) is 38.1 Å². The minimum atomic E-state index is -0.445. The van der Waals surface area contributed by atoms with Crippen molar-refractivity contribution in [2.24, 2.45) is 0 Å². The Morgan fingerprint density at radius 2 is 1.63 bits per heavy atom. The number of aromatic amines is 3. The Bertz CT molecular complexity index is 2330. The predicted octanol–water partition coefficient (Wildman–Crippen LogP) is 3.65. The molecule has 4 heterocycles. The molecule has 7 rings (SSSR count). The number of amides is 1. The summed E-state index contributed by atoms with van der Waals surface area (Å²) < 4.78 is 1.40. The van der Waals surface area contributed by atoms with Gasteiger partial charge in [-0.05, 0) is 71.3 Å². The number of anilines is 1. The molecular formula is C37H39N9O5. The zero-order chi connectivity index (χ0) is 35.8. The molecular weight excluding hydrogens is 650 g/mol. The number of aryl methyl sites for hydroxylation is 2. The molecule has 1 saturated heterocycles. The molecule has 1 amide bonds. The third-order valence-corrected chi connectivity index (χ3v) is 9.47. The van der Waals surface area contributed by atoms with Crippen molar-refractivity contribution in [2.75, 3.05) is 31.9 Å². The maximum Gasteiger partial charge on any atom is 0.348 e. The molecule has 14 nitrogen and oxygen atoms in total. The Balaban J connectivity index is 0.944. The van der Waals surface area contributed by atoms with E-state index in [1.807, 2.05) is 67.3 Å². The van der Waals surface area contributed by atoms with E-state index in [-0.39, 0.29) is 40.7 Å². The Hall–Kier alpha value is -6.15. The third kappa shape index (κ3) is 6.73. The molecule has 3 aromatic carbocycles. The summed E-state index contributed by atoms with van der Waals surface area (Å²) in [7, 11) is 0. The van der Waals surface area contributed by atoms with Gasteiger partial charge in [0.25, 0.3) is 11.5 Å². The number of nitrogens with two attached hydrogens (primary N) is 1. The van der Waals surface area contributed by atoms with Crippen LogP contribution in [0.3, 0.4) is 0 Å². The number of H-pyrrole nitrogens is 3. The Morgan fingerprint density at radius 3 is 2.33 bits per heavy atom. The molecule has 0 radical (unpaired) electrons. The molecule has 3 aromatic heterocycles. The first-order valence-electron chi connectivity index (χ1n) is 16.8. The largest absolute Gasteiger partial charge is 0.508 e. The van der Waals surface area contributed by atoms with E-state index in [1.54, 1.807) is 12.3 Å². The van der Waals surface area contributed by atoms with Gasteiger partial charge in [0.2, 0.25) is 5.95 Å². The highest BCUT2D eigenvalue weighted by Gasteiger charge is 2.23. The lowest BCUT2D eigenvalue weighted by atomic mass is 9.98. The molecule has 0 spiro atoms. The van der Waals surface area contributed by atoms with Gasteiger partial charge in [0.05, 0.1) is 16.6 Å². The number of aromatic nitrogens is 6. The fourth-order valence-corrected chi connectivity index (χ4v) is 6.66. The molecule has 0 unspecified atom stereocenters. The van der Waals surface area contributed by atoms with Crippen LogP contribution in [0.5, 0.6) is 11.5 Å². The first kappa shape index (κ1) is 33.4. The van der Waals surface area contributed by atoms with Gasteiger partial charge < -0.3 is 25.8 Å². The first-order chi connectivity index (χ1) is 24.5. The van der Waals surface area contributed by atoms with E-state index in [9.17, 15) is 24.6 Å². The maximum atomic E-state index is 13.3. The number of rotatable bonds is 9. The summed E-state index contributed by atoms with van der Waals surface area (Å²) in [5.74, 6) is 0.127. The summed E-state index contributed by atoms with van der Waals surface area (Å²) in [5, 5.41) is 28.0. The van der Waals surface area contributed by atoms with Gasteiger partial charge in [-0.3, -0.25) is 19.5 Å². The summed E-state index contributed by atoms with van der Waals surface area (Å²) >= 11 is 0. The number of nitrogens with one attached hydrogen (secondary N) is 3. The van der Waals surface area contributed by atoms with Crippen molar-refractivity contribution < 1.29 is 15.0 Å². The smallest absolute Gasteiger partial charge is 0.348 e. The lowest BCUT2D eigenvalue weighted by Gasteiger charge is -2.34. The number of hydrogen-bond donors (Lipinski definition) is 6. The SMILES string of the molecule is CC(C)c1cc(-c2n[nH]c(=O)n2-c2ccc(CN3CCN(C(=O)c4ccc(CCc5c[nH]c6nc(N)[nH]c(=O)c56)cc4)CC3)cc2)c(O)cc1O. The van der Waals surface area contributed by atoms with Crippen LogP contribution in [0.15, 0.2) is 76.4 Å². The topological polar surface area (TPSA) is 202 Å². The van der Waals surface area contributed by atoms with Crippen molar-refractivity contribution in [1.29, 1.82) is 0 Å². The highest BCUT2D eigenvalue weighted by atomic mass is 16.3. The number of fused-ring (bicyclic) bond motifs is 1. The zero-order valence-corrected chi connectivity index (χ0v) is 28.3. The number of nitrogens with zero attached hydrogens (tertiary/aromatic N) is 5. The van der Waals surface area contributed by atoms with E-state index >= 15 is 0 Å². The summed E-state index contributed by atoms with van der Waals surface area (Å²) in [4.78, 5) is 52.4. The second-order valence-corrected chi connectivity index (χ2v) is 13.2. The van der Waals surface area contributed by atoms with Gasteiger partial charge in [-0.25, -0.2) is 14.5 Å². The highest BCUT2D eigenvalue weighted by Crippen LogP contribution is 2.37. The minimum Gasteiger partial charge on any atom is -0.508 e. The normalized spacial score (nSPS) is 13.7. The van der Waals surface area contributed by atoms with E-state index in [4.69, 9.17) is 5.73 Å². The van der Waals surface area contributed by atoms with Crippen LogP contribution in [-0.4, -0.2) is 81.8 Å². The fraction of sp³-hybridized carbons (Fsp3) is 0.270. The van der Waals surface area contributed by atoms with Crippen molar-refractivity contribution in [1.82, 2.24) is 39.5 Å². The molecule has 1 aliphatic heterocycles. The molecule has 0 saturated carbocycles. The first-order valence-corrected chi connectivity index (χ1v) is 16.8. The van der Waals surface area contributed by atoms with Crippen LogP contribution in [-0.2, 0) is 19.4 Å². The summed E-state index contributed by atoms with van der Waals surface area (Å²) in [6.45, 7) is 7.20. The van der Waals surface area contributed by atoms with E-state index < -0.39 is 5.69 Å². The molecule has 0 bridgehead atoms. The van der Waals surface area contributed by atoms with Crippen LogP contribution < -0.4 is 17.0 Å². The van der Waals surface area contributed by atoms with Crippen LogP contribution in [0, 0.1) is 0 Å². The van der Waals surface area contributed by atoms with E-state index in [2.05, 4.69) is 30.0 Å². The van der Waals surface area contributed by atoms with Gasteiger partial charge in [-0.15, -0.1) is 0 Å². The van der Waals surface area contributed by atoms with Crippen LogP contribution in [0.2, 0.25) is 0 Å². The average molecular weight is 690 g/mol. The Labute approximate surface area is 292 Å². The molecule has 0 aliphatic carbocycles. The van der Waals surface area contributed by atoms with Gasteiger partial charge >= 0.3 is 5.69 Å². The second kappa shape index (κ2) is 13.6. The van der Waals surface area contributed by atoms with Crippen molar-refractivity contribution in [3.05, 3.63) is 116 Å². The standard InChI is InChI=1S/C37H39N9O5/c1-21(2)27-17-28(30(48)18-29(27)47)33-42-43-37(51)46(33)26-11-6-23(7-12-26)20-44-13-15-45(16-14-44)35(50)24-8-3-22(4-9-24)5-10-25-19-39-32-31(25)34(49)41-36(38)40-32/h3-4,6-9,11-12,17-19,21,47-48H,5,10,13-16,20H2,1-2H3,(H,43,51)(H4,38,39,40,41,49). The summed E-state index contributed by atoms with van der Waals surface area (Å²) in [6.07, 6.45) is 3.12. The number of carbonyl (C=O) groups is 1. The van der Waals surface area contributed by atoms with Crippen LogP contribution in [0.1, 0.15) is 52.4 Å². The van der Waals surface area contributed by atoms with Gasteiger partial charge in [0.1, 0.15) is 17.1 Å². The number of aromatic hydroxyl groups is 2. The number of piperazine rings is 1. The number of phenols is 2. The number of hydrogen-bond acceptors (Lipinski definition) is 9. The lowest BCUT2D eigenvalue weighted by Crippen LogP contribution is -2.48. The number of phenolic OH excluding ortho intramolecular Hbond substituents is 2. The van der Waals surface area contributed by atoms with E-state index in [0.29, 0.717) is 65.9 Å². The number of benzene rings is 3. The maximum absolute atomic E-state index is 13.3. The summed E-state index contributed by atoms with van der Waals surface area (Å²) in [6, 6.07) is 18.2. The van der Waals surface area contributed by atoms with E-state index in [1.165, 1.54) is 10.6 Å². The van der Waals surface area contributed by atoms with Gasteiger partial charge in [0, 0.05) is 50.6 Å². The monoisotopic (exact) mass is 689 g/mol. The zero-order valence-electron chi connectivity index (χ0n) is 28.3. The lowest BCUT2D eigenvalue weighted by molar-refractivity contribution is 0.0628. The van der Waals surface area contributed by atoms with Crippen molar-refractivity contribution in [2.45, 2.75) is 39.2 Å². The predicted molar refractivity (Wildman–Crippen MR) is 193 cm³/mol. The molecule has 0 atom stereocenters. The molecule has 51 heavy (non-hydrogen) atoms. The number of nitrogen functional groups attached to an aromatic ring is 1. The fourth-order valence-electron chi connectivity index (χ4n) is 6.66. The molecule has 7 N–H and O–H groups in total. The molecule has 1 fully saturated rings. The van der Waals surface area contributed by atoms with Crippen molar-refractivity contribution >= 4 is 22.9 Å². The second-order valence-electron chi connectivity index (χ2n) is 13.2. The minimum absolute atomic E-state index is 0.00100. The van der Waals surface area contributed by atoms with Gasteiger partial charge in [-0.2, -0.15) is 10.1 Å². The Morgan fingerprint density at radius 1 is 0.922 bits per heavy atom. The number of carbonyl (C=O) groups excluding carboxylic acids is 1. The molecule has 14 heteroatoms. The van der Waals surface area contributed by atoms with Crippen LogP contribution >= 0.6 is 0 Å². The van der Waals surface area contributed by atoms with Crippen LogP contribution in [0.25, 0.3) is 28.1 Å². The Kier molecular flexibility index (Phi) is 8.92. The van der Waals surface area contributed by atoms with Crippen LogP contribution in [0.4, 0.5) is 5.95 Å². The third-order valence-electron chi connectivity index (χ3n) is 9.47. The quantitative estimate of drug-likeness (QED) is 0.131. The average Bonchev–Trinajstić information content (AvgIpc) is 3.71. The molecule has 1 aliphatic rings. The highest BCUT2D eigenvalue weighted by molar-refractivity contribution is 5.94. The summed E-state index contributed by atoms with van der Waals surface area (Å²) in [5.41, 5.74) is 10.6. The van der Waals surface area contributed by atoms with Crippen molar-refractivity contribution in [3.8, 4) is 28.6 Å². The van der Waals surface area contributed by atoms with Gasteiger partial charge in [0.15, 0.2) is 5.82 Å². The van der Waals surface area contributed by atoms with E-state index in [0.717, 1.165) is 29.8 Å².